The van der Waals surface area contributed by atoms with E-state index >= 15 is 0 Å². The average molecular weight is 963 g/mol. The topological polar surface area (TPSA) is 186 Å². The molecule has 3 rings (SSSR count). The van der Waals surface area contributed by atoms with E-state index in [2.05, 4.69) is 0 Å². The van der Waals surface area contributed by atoms with Gasteiger partial charge in [0, 0.05) is 40.5 Å². The smallest absolute Gasteiger partial charge is 0.329 e. The van der Waals surface area contributed by atoms with Crippen LogP contribution in [0.2, 0.25) is 0 Å². The summed E-state index contributed by atoms with van der Waals surface area (Å²) < 4.78 is 24.1. The summed E-state index contributed by atoms with van der Waals surface area (Å²) in [5.74, 6) is -6.19. The fraction of sp³-hybridized carbons (Fsp3) is 0.623. The van der Waals surface area contributed by atoms with Crippen molar-refractivity contribution in [2.45, 2.75) is 156 Å². The Morgan fingerprint density at radius 3 is 1.30 bits per heavy atom. The summed E-state index contributed by atoms with van der Waals surface area (Å²) in [6.45, 7) is 17.4. The Balaban J connectivity index is 2.27. The summed E-state index contributed by atoms with van der Waals surface area (Å²) in [5.41, 5.74) is -0.601. The van der Waals surface area contributed by atoms with Gasteiger partial charge in [0.15, 0.2) is 30.2 Å². The molecule has 0 spiro atoms. The summed E-state index contributed by atoms with van der Waals surface area (Å²) in [7, 11) is 5.79. The van der Waals surface area contributed by atoms with Gasteiger partial charge >= 0.3 is 23.9 Å². The van der Waals surface area contributed by atoms with Crippen LogP contribution in [0, 0.1) is 23.7 Å². The molecule has 1 saturated heterocycles. The van der Waals surface area contributed by atoms with Gasteiger partial charge in [-0.3, -0.25) is 28.9 Å². The first-order chi connectivity index (χ1) is 32.3. The van der Waals surface area contributed by atoms with Crippen molar-refractivity contribution in [1.82, 2.24) is 19.6 Å². The van der Waals surface area contributed by atoms with Crippen LogP contribution in [0.25, 0.3) is 0 Å². The van der Waals surface area contributed by atoms with Crippen LogP contribution in [0.4, 0.5) is 0 Å². The average Bonchev–Trinajstić information content (AvgIpc) is 3.28. The molecule has 2 aromatic carbocycles. The SMILES string of the molecule is CC(C)C[C@H]1C(=O)O[C@H](C)C(=O)N(C)[C@@H](CC(C)C)C(=O)O[C@H](Cc2ccccc2)C(=O)N(C)[C@@H](CC(C)C)C(=O)O[C@H](C)C(=O)N(C)[C@@H](CC(C)C)C(=O)O[C@](C=O)(Cc2ccccc2)CN1C. The van der Waals surface area contributed by atoms with Gasteiger partial charge in [0.05, 0.1) is 0 Å². The first-order valence-electron chi connectivity index (χ1n) is 24.2. The number of rotatable bonds is 13. The van der Waals surface area contributed by atoms with Gasteiger partial charge < -0.3 is 33.6 Å². The standard InChI is InChI=1S/C53H78N4O12/c1-33(2)25-41-49(62)66-37(9)46(59)55(12)43(27-35(5)6)51(64)68-45(29-39-21-17-15-18-22-39)48(61)57(14)42(26-34(3)4)50(63)67-38(10)47(60)56(13)44(28-36(7)8)52(65)69-53(32-58,31-54(41)11)30-40-23-19-16-20-24-40/h15-24,32-38,41-45H,25-31H2,1-14H3/t37-,38-,41+,42+,43+,44+,45-,53-/m1/s1. The van der Waals surface area contributed by atoms with Crippen LogP contribution in [-0.4, -0.2) is 150 Å². The summed E-state index contributed by atoms with van der Waals surface area (Å²) in [6.07, 6.45) is -3.41. The molecule has 2 aromatic rings. The van der Waals surface area contributed by atoms with Crippen molar-refractivity contribution < 1.29 is 57.3 Å². The zero-order valence-electron chi connectivity index (χ0n) is 43.3. The van der Waals surface area contributed by atoms with Crippen LogP contribution >= 0.6 is 0 Å². The molecular formula is C53H78N4O12. The Morgan fingerprint density at radius 1 is 0.522 bits per heavy atom. The third-order valence-corrected chi connectivity index (χ3v) is 12.3. The minimum Gasteiger partial charge on any atom is -0.451 e. The van der Waals surface area contributed by atoms with Crippen molar-refractivity contribution >= 4 is 47.9 Å². The molecular weight excluding hydrogens is 885 g/mol. The molecule has 16 heteroatoms. The van der Waals surface area contributed by atoms with Gasteiger partial charge in [-0.25, -0.2) is 14.4 Å². The molecule has 69 heavy (non-hydrogen) atoms. The van der Waals surface area contributed by atoms with Gasteiger partial charge in [0.25, 0.3) is 17.7 Å². The van der Waals surface area contributed by atoms with E-state index in [1.807, 2.05) is 55.4 Å². The number of hydrogen-bond acceptors (Lipinski definition) is 13. The van der Waals surface area contributed by atoms with Gasteiger partial charge in [0.2, 0.25) is 0 Å². The van der Waals surface area contributed by atoms with Crippen LogP contribution in [0.3, 0.4) is 0 Å². The fourth-order valence-electron chi connectivity index (χ4n) is 8.54. The molecule has 0 saturated carbocycles. The summed E-state index contributed by atoms with van der Waals surface area (Å²) in [4.78, 5) is 119. The number of nitrogens with zero attached hydrogens (tertiary/aromatic N) is 4. The van der Waals surface area contributed by atoms with Gasteiger partial charge in [0.1, 0.15) is 24.2 Å². The fourth-order valence-corrected chi connectivity index (χ4v) is 8.54. The Labute approximate surface area is 409 Å². The molecule has 8 atom stereocenters. The highest BCUT2D eigenvalue weighted by atomic mass is 16.6. The lowest BCUT2D eigenvalue weighted by atomic mass is 9.93. The Bertz CT molecular complexity index is 2050. The number of esters is 4. The number of amides is 3. The zero-order valence-corrected chi connectivity index (χ0v) is 43.3. The highest BCUT2D eigenvalue weighted by Gasteiger charge is 2.45. The Kier molecular flexibility index (Phi) is 22.0. The maximum atomic E-state index is 14.7. The monoisotopic (exact) mass is 963 g/mol. The first-order valence-corrected chi connectivity index (χ1v) is 24.2. The molecule has 0 bridgehead atoms. The van der Waals surface area contributed by atoms with E-state index in [0.29, 0.717) is 17.4 Å². The normalized spacial score (nSPS) is 26.3. The van der Waals surface area contributed by atoms with Crippen molar-refractivity contribution in [3.8, 4) is 0 Å². The van der Waals surface area contributed by atoms with Crippen molar-refractivity contribution in [3.05, 3.63) is 71.8 Å². The van der Waals surface area contributed by atoms with E-state index < -0.39 is 89.7 Å². The third-order valence-electron chi connectivity index (χ3n) is 12.3. The van der Waals surface area contributed by atoms with Crippen LogP contribution in [-0.2, 0) is 70.1 Å². The molecule has 0 aromatic heterocycles. The number of carbonyl (C=O) groups excluding carboxylic acids is 8. The summed E-state index contributed by atoms with van der Waals surface area (Å²) >= 11 is 0. The number of ether oxygens (including phenoxy) is 4. The Morgan fingerprint density at radius 2 is 0.884 bits per heavy atom. The Hall–Kier alpha value is -5.64. The molecule has 0 aliphatic carbocycles. The van der Waals surface area contributed by atoms with Crippen molar-refractivity contribution in [2.24, 2.45) is 23.7 Å². The van der Waals surface area contributed by atoms with Crippen LogP contribution < -0.4 is 0 Å². The van der Waals surface area contributed by atoms with Gasteiger partial charge in [-0.05, 0) is 81.4 Å². The molecule has 1 aliphatic rings. The number of likely N-dealkylation sites (N-methyl/N-ethyl adjacent to an activating group) is 4. The van der Waals surface area contributed by atoms with E-state index in [1.54, 1.807) is 72.6 Å². The predicted octanol–water partition coefficient (Wildman–Crippen LogP) is 5.71. The molecule has 0 unspecified atom stereocenters. The molecule has 1 heterocycles. The van der Waals surface area contributed by atoms with Crippen molar-refractivity contribution in [2.75, 3.05) is 34.7 Å². The van der Waals surface area contributed by atoms with Gasteiger partial charge in [-0.1, -0.05) is 116 Å². The lowest BCUT2D eigenvalue weighted by molar-refractivity contribution is -0.178. The number of carbonyl (C=O) groups is 8. The number of benzene rings is 2. The van der Waals surface area contributed by atoms with Crippen LogP contribution in [0.1, 0.15) is 106 Å². The molecule has 16 nitrogen and oxygen atoms in total. The predicted molar refractivity (Wildman–Crippen MR) is 260 cm³/mol. The summed E-state index contributed by atoms with van der Waals surface area (Å²) in [5, 5.41) is 0. The number of cyclic esters (lactones) is 4. The number of aldehydes is 1. The highest BCUT2D eigenvalue weighted by molar-refractivity contribution is 5.93. The molecule has 1 aliphatic heterocycles. The second-order valence-electron chi connectivity index (χ2n) is 20.4. The lowest BCUT2D eigenvalue weighted by Gasteiger charge is -2.38. The second-order valence-corrected chi connectivity index (χ2v) is 20.4. The van der Waals surface area contributed by atoms with E-state index in [0.717, 1.165) is 14.7 Å². The lowest BCUT2D eigenvalue weighted by Crippen LogP contribution is -2.57. The minimum atomic E-state index is -1.90. The highest BCUT2D eigenvalue weighted by Crippen LogP contribution is 2.26. The molecule has 382 valence electrons. The maximum absolute atomic E-state index is 14.7. The molecule has 1 fully saturated rings. The van der Waals surface area contributed by atoms with Gasteiger partial charge in [-0.2, -0.15) is 0 Å². The van der Waals surface area contributed by atoms with Crippen molar-refractivity contribution in [1.29, 1.82) is 0 Å². The second kappa shape index (κ2) is 26.4. The van der Waals surface area contributed by atoms with E-state index in [-0.39, 0.29) is 68.7 Å². The van der Waals surface area contributed by atoms with E-state index in [4.69, 9.17) is 18.9 Å². The zero-order chi connectivity index (χ0) is 51.9. The first kappa shape index (κ1) is 57.7. The number of hydrogen-bond donors (Lipinski definition) is 0. The van der Waals surface area contributed by atoms with Gasteiger partial charge in [-0.15, -0.1) is 0 Å². The third kappa shape index (κ3) is 16.8. The van der Waals surface area contributed by atoms with E-state index in [1.165, 1.54) is 35.0 Å². The van der Waals surface area contributed by atoms with E-state index in [9.17, 15) is 38.4 Å². The van der Waals surface area contributed by atoms with Crippen molar-refractivity contribution in [3.63, 3.8) is 0 Å². The largest absolute Gasteiger partial charge is 0.451 e. The minimum absolute atomic E-state index is 0.0756. The maximum Gasteiger partial charge on any atom is 0.329 e. The molecule has 0 N–H and O–H groups in total. The summed E-state index contributed by atoms with van der Waals surface area (Å²) in [6, 6.07) is 13.0. The molecule has 3 amide bonds. The molecule has 0 radical (unpaired) electrons. The van der Waals surface area contributed by atoms with Crippen LogP contribution in [0.15, 0.2) is 60.7 Å². The van der Waals surface area contributed by atoms with Crippen LogP contribution in [0.5, 0.6) is 0 Å². The quantitative estimate of drug-likeness (QED) is 0.135.